The van der Waals surface area contributed by atoms with Crippen molar-refractivity contribution < 1.29 is 4.79 Å². The summed E-state index contributed by atoms with van der Waals surface area (Å²) in [4.78, 5) is 11.1. The SMILES string of the molecule is NC(=O)c1cccc(CNc2cccc(I)c2)c1. The van der Waals surface area contributed by atoms with Gasteiger partial charge in [0.1, 0.15) is 0 Å². The average molecular weight is 352 g/mol. The molecule has 0 radical (unpaired) electrons. The highest BCUT2D eigenvalue weighted by Gasteiger charge is 2.01. The lowest BCUT2D eigenvalue weighted by Crippen LogP contribution is -2.11. The Labute approximate surface area is 120 Å². The van der Waals surface area contributed by atoms with Crippen LogP contribution in [0.25, 0.3) is 0 Å². The van der Waals surface area contributed by atoms with Gasteiger partial charge in [0.05, 0.1) is 0 Å². The van der Waals surface area contributed by atoms with Crippen molar-refractivity contribution in [1.82, 2.24) is 0 Å². The fourth-order valence-electron chi connectivity index (χ4n) is 1.64. The average Bonchev–Trinajstić information content (AvgIpc) is 2.37. The Hall–Kier alpha value is -1.56. The van der Waals surface area contributed by atoms with Crippen molar-refractivity contribution in [2.24, 2.45) is 5.73 Å². The van der Waals surface area contributed by atoms with Gasteiger partial charge in [-0.1, -0.05) is 18.2 Å². The smallest absolute Gasteiger partial charge is 0.248 e. The highest BCUT2D eigenvalue weighted by Crippen LogP contribution is 2.14. The van der Waals surface area contributed by atoms with Crippen LogP contribution in [0.1, 0.15) is 15.9 Å². The lowest BCUT2D eigenvalue weighted by atomic mass is 10.1. The number of rotatable bonds is 4. The van der Waals surface area contributed by atoms with Crippen molar-refractivity contribution in [2.75, 3.05) is 5.32 Å². The van der Waals surface area contributed by atoms with E-state index in [0.717, 1.165) is 11.3 Å². The molecular weight excluding hydrogens is 339 g/mol. The van der Waals surface area contributed by atoms with Gasteiger partial charge in [0, 0.05) is 21.4 Å². The van der Waals surface area contributed by atoms with E-state index in [4.69, 9.17) is 5.73 Å². The van der Waals surface area contributed by atoms with E-state index in [0.29, 0.717) is 12.1 Å². The van der Waals surface area contributed by atoms with Crippen LogP contribution in [-0.2, 0) is 6.54 Å². The molecule has 2 aromatic rings. The second-order valence-corrected chi connectivity index (χ2v) is 5.17. The van der Waals surface area contributed by atoms with Gasteiger partial charge in [-0.25, -0.2) is 0 Å². The van der Waals surface area contributed by atoms with Crippen LogP contribution >= 0.6 is 22.6 Å². The van der Waals surface area contributed by atoms with Crippen LogP contribution in [0.3, 0.4) is 0 Å². The number of anilines is 1. The topological polar surface area (TPSA) is 55.1 Å². The van der Waals surface area contributed by atoms with Gasteiger partial charge in [-0.15, -0.1) is 0 Å². The van der Waals surface area contributed by atoms with Gasteiger partial charge in [-0.3, -0.25) is 4.79 Å². The Morgan fingerprint density at radius 2 is 1.94 bits per heavy atom. The molecule has 0 aromatic heterocycles. The van der Waals surface area contributed by atoms with E-state index in [1.165, 1.54) is 3.57 Å². The van der Waals surface area contributed by atoms with Crippen LogP contribution in [0.5, 0.6) is 0 Å². The van der Waals surface area contributed by atoms with Gasteiger partial charge in [0.2, 0.25) is 5.91 Å². The zero-order chi connectivity index (χ0) is 13.0. The highest BCUT2D eigenvalue weighted by molar-refractivity contribution is 14.1. The summed E-state index contributed by atoms with van der Waals surface area (Å²) in [5.41, 5.74) is 7.88. The molecule has 1 amide bonds. The van der Waals surface area contributed by atoms with Crippen LogP contribution in [0.2, 0.25) is 0 Å². The van der Waals surface area contributed by atoms with E-state index in [1.807, 2.05) is 36.4 Å². The minimum atomic E-state index is -0.397. The molecule has 3 N–H and O–H groups in total. The van der Waals surface area contributed by atoms with Crippen LogP contribution in [0.15, 0.2) is 48.5 Å². The third-order valence-electron chi connectivity index (χ3n) is 2.53. The Morgan fingerprint density at radius 3 is 2.67 bits per heavy atom. The molecule has 0 saturated heterocycles. The standard InChI is InChI=1S/C14H13IN2O/c15-12-5-2-6-13(8-12)17-9-10-3-1-4-11(7-10)14(16)18/h1-8,17H,9H2,(H2,16,18). The van der Waals surface area contributed by atoms with Crippen molar-refractivity contribution in [3.8, 4) is 0 Å². The zero-order valence-corrected chi connectivity index (χ0v) is 11.8. The number of nitrogens with two attached hydrogens (primary N) is 1. The molecule has 0 bridgehead atoms. The Morgan fingerprint density at radius 1 is 1.17 bits per heavy atom. The van der Waals surface area contributed by atoms with Crippen molar-refractivity contribution in [3.63, 3.8) is 0 Å². The van der Waals surface area contributed by atoms with E-state index in [2.05, 4.69) is 34.0 Å². The van der Waals surface area contributed by atoms with Crippen LogP contribution < -0.4 is 11.1 Å². The number of hydrogen-bond acceptors (Lipinski definition) is 2. The molecule has 2 rings (SSSR count). The first kappa shape index (κ1) is 12.9. The molecule has 92 valence electrons. The van der Waals surface area contributed by atoms with Crippen molar-refractivity contribution in [1.29, 1.82) is 0 Å². The zero-order valence-electron chi connectivity index (χ0n) is 9.69. The largest absolute Gasteiger partial charge is 0.381 e. The molecule has 2 aromatic carbocycles. The molecule has 18 heavy (non-hydrogen) atoms. The van der Waals surface area contributed by atoms with Crippen molar-refractivity contribution in [3.05, 3.63) is 63.2 Å². The summed E-state index contributed by atoms with van der Waals surface area (Å²) >= 11 is 2.27. The lowest BCUT2D eigenvalue weighted by Gasteiger charge is -2.07. The summed E-state index contributed by atoms with van der Waals surface area (Å²) in [6.07, 6.45) is 0. The number of amides is 1. The summed E-state index contributed by atoms with van der Waals surface area (Å²) in [6, 6.07) is 15.5. The maximum Gasteiger partial charge on any atom is 0.248 e. The molecule has 3 nitrogen and oxygen atoms in total. The number of primary amides is 1. The molecule has 0 atom stereocenters. The predicted octanol–water partition coefficient (Wildman–Crippen LogP) is 3.00. The molecule has 0 spiro atoms. The molecular formula is C14H13IN2O. The van der Waals surface area contributed by atoms with Crippen LogP contribution in [-0.4, -0.2) is 5.91 Å². The number of hydrogen-bond donors (Lipinski definition) is 2. The predicted molar refractivity (Wildman–Crippen MR) is 81.4 cm³/mol. The van der Waals surface area contributed by atoms with E-state index >= 15 is 0 Å². The number of carbonyl (C=O) groups is 1. The Bertz CT molecular complexity index is 569. The monoisotopic (exact) mass is 352 g/mol. The molecule has 0 heterocycles. The summed E-state index contributed by atoms with van der Waals surface area (Å²) < 4.78 is 1.18. The summed E-state index contributed by atoms with van der Waals surface area (Å²) in [5.74, 6) is -0.397. The number of carbonyl (C=O) groups excluding carboxylic acids is 1. The summed E-state index contributed by atoms with van der Waals surface area (Å²) in [5, 5.41) is 3.31. The third kappa shape index (κ3) is 3.46. The minimum Gasteiger partial charge on any atom is -0.381 e. The van der Waals surface area contributed by atoms with Gasteiger partial charge >= 0.3 is 0 Å². The maximum atomic E-state index is 11.1. The number of halogens is 1. The quantitative estimate of drug-likeness (QED) is 0.832. The van der Waals surface area contributed by atoms with Gasteiger partial charge in [0.15, 0.2) is 0 Å². The molecule has 0 aliphatic rings. The second-order valence-electron chi connectivity index (χ2n) is 3.93. The van der Waals surface area contributed by atoms with Crippen LogP contribution in [0, 0.1) is 3.57 Å². The lowest BCUT2D eigenvalue weighted by molar-refractivity contribution is 0.1000. The maximum absolute atomic E-state index is 11.1. The molecule has 0 saturated carbocycles. The molecule has 0 aliphatic heterocycles. The third-order valence-corrected chi connectivity index (χ3v) is 3.20. The Balaban J connectivity index is 2.06. The molecule has 0 aliphatic carbocycles. The normalized spacial score (nSPS) is 10.1. The van der Waals surface area contributed by atoms with E-state index in [9.17, 15) is 4.79 Å². The van der Waals surface area contributed by atoms with Gasteiger partial charge in [-0.2, -0.15) is 0 Å². The van der Waals surface area contributed by atoms with Gasteiger partial charge < -0.3 is 11.1 Å². The number of benzene rings is 2. The summed E-state index contributed by atoms with van der Waals surface area (Å²) in [6.45, 7) is 0.668. The van der Waals surface area contributed by atoms with Crippen molar-refractivity contribution in [2.45, 2.75) is 6.54 Å². The fourth-order valence-corrected chi connectivity index (χ4v) is 2.18. The Kier molecular flexibility index (Phi) is 4.19. The fraction of sp³-hybridized carbons (Fsp3) is 0.0714. The first-order valence-electron chi connectivity index (χ1n) is 5.53. The molecule has 4 heteroatoms. The van der Waals surface area contributed by atoms with E-state index < -0.39 is 5.91 Å². The molecule has 0 unspecified atom stereocenters. The summed E-state index contributed by atoms with van der Waals surface area (Å²) in [7, 11) is 0. The van der Waals surface area contributed by atoms with E-state index in [-0.39, 0.29) is 0 Å². The first-order chi connectivity index (χ1) is 8.65. The van der Waals surface area contributed by atoms with Gasteiger partial charge in [-0.05, 0) is 58.5 Å². The second kappa shape index (κ2) is 5.86. The van der Waals surface area contributed by atoms with Crippen LogP contribution in [0.4, 0.5) is 5.69 Å². The number of nitrogens with one attached hydrogen (secondary N) is 1. The first-order valence-corrected chi connectivity index (χ1v) is 6.61. The van der Waals surface area contributed by atoms with Crippen molar-refractivity contribution >= 4 is 34.2 Å². The van der Waals surface area contributed by atoms with Gasteiger partial charge in [0.25, 0.3) is 0 Å². The molecule has 0 fully saturated rings. The van der Waals surface area contributed by atoms with E-state index in [1.54, 1.807) is 6.07 Å². The highest BCUT2D eigenvalue weighted by atomic mass is 127. The minimum absolute atomic E-state index is 0.397.